The molecule has 134 valence electrons. The van der Waals surface area contributed by atoms with Crippen LogP contribution in [0.5, 0.6) is 5.75 Å². The van der Waals surface area contributed by atoms with Crippen LogP contribution in [0.1, 0.15) is 22.9 Å². The number of aromatic nitrogens is 3. The van der Waals surface area contributed by atoms with Crippen LogP contribution < -0.4 is 10.1 Å². The van der Waals surface area contributed by atoms with E-state index < -0.39 is 6.10 Å². The quantitative estimate of drug-likeness (QED) is 0.705. The van der Waals surface area contributed by atoms with Gasteiger partial charge in [-0.1, -0.05) is 12.1 Å². The maximum atomic E-state index is 10.2. The Morgan fingerprint density at radius 2 is 2.00 bits per heavy atom. The molecule has 1 unspecified atom stereocenters. The number of hydrogen-bond acceptors (Lipinski definition) is 5. The molecule has 2 aromatic heterocycles. The molecule has 0 aliphatic rings. The van der Waals surface area contributed by atoms with Crippen LogP contribution in [0.15, 0.2) is 36.5 Å². The zero-order chi connectivity index (χ0) is 17.1. The third-order valence-electron chi connectivity index (χ3n) is 4.09. The Morgan fingerprint density at radius 3 is 2.68 bits per heavy atom. The summed E-state index contributed by atoms with van der Waals surface area (Å²) in [6, 6.07) is 9.54. The highest BCUT2D eigenvalue weighted by Crippen LogP contribution is 2.18. The fourth-order valence-electron chi connectivity index (χ4n) is 2.74. The highest BCUT2D eigenvalue weighted by atomic mass is 35.5. The van der Waals surface area contributed by atoms with Crippen LogP contribution in [0.3, 0.4) is 0 Å². The van der Waals surface area contributed by atoms with Crippen molar-refractivity contribution < 1.29 is 9.84 Å². The van der Waals surface area contributed by atoms with Gasteiger partial charge in [-0.3, -0.25) is 4.68 Å². The van der Waals surface area contributed by atoms with Gasteiger partial charge in [-0.25, -0.2) is 4.98 Å². The molecule has 0 spiro atoms. The summed E-state index contributed by atoms with van der Waals surface area (Å²) in [6.07, 6.45) is 1.28. The van der Waals surface area contributed by atoms with E-state index in [0.29, 0.717) is 13.1 Å². The van der Waals surface area contributed by atoms with Crippen molar-refractivity contribution >= 4 is 23.4 Å². The molecule has 0 aliphatic heterocycles. The van der Waals surface area contributed by atoms with Crippen molar-refractivity contribution in [2.75, 3.05) is 13.7 Å². The molecule has 0 saturated carbocycles. The molecule has 0 radical (unpaired) electrons. The summed E-state index contributed by atoms with van der Waals surface area (Å²) in [4.78, 5) is 4.46. The minimum atomic E-state index is -0.562. The molecule has 0 saturated heterocycles. The molecule has 0 amide bonds. The number of nitrogens with one attached hydrogen (secondary N) is 1. The molecule has 3 aromatic rings. The fraction of sp³-hybridized carbons (Fsp3) is 0.333. The lowest BCUT2D eigenvalue weighted by molar-refractivity contribution is 0.174. The maximum absolute atomic E-state index is 10.2. The first-order valence-electron chi connectivity index (χ1n) is 7.89. The number of rotatable bonds is 6. The zero-order valence-electron chi connectivity index (χ0n) is 14.6. The first-order chi connectivity index (χ1) is 11.6. The summed E-state index contributed by atoms with van der Waals surface area (Å²) in [5.74, 6) is 0.783. The third-order valence-corrected chi connectivity index (χ3v) is 4.09. The van der Waals surface area contributed by atoms with Gasteiger partial charge in [0.15, 0.2) is 5.65 Å². The summed E-state index contributed by atoms with van der Waals surface area (Å²) in [6.45, 7) is 3.09. The second-order valence-electron chi connectivity index (χ2n) is 5.84. The van der Waals surface area contributed by atoms with E-state index in [1.54, 1.807) is 11.8 Å². The summed E-state index contributed by atoms with van der Waals surface area (Å²) >= 11 is 0. The average Bonchev–Trinajstić information content (AvgIpc) is 2.89. The summed E-state index contributed by atoms with van der Waals surface area (Å²) in [5.41, 5.74) is 3.79. The monoisotopic (exact) mass is 362 g/mol. The second-order valence-corrected chi connectivity index (χ2v) is 5.84. The van der Waals surface area contributed by atoms with E-state index in [1.807, 2.05) is 44.4 Å². The molecule has 6 nitrogen and oxygen atoms in total. The van der Waals surface area contributed by atoms with Gasteiger partial charge in [0.05, 0.1) is 18.9 Å². The Bertz CT molecular complexity index is 833. The van der Waals surface area contributed by atoms with Crippen LogP contribution >= 0.6 is 12.4 Å². The van der Waals surface area contributed by atoms with Crippen molar-refractivity contribution in [1.29, 1.82) is 0 Å². The number of aryl methyl sites for hydroxylation is 2. The lowest BCUT2D eigenvalue weighted by Gasteiger charge is -2.13. The average molecular weight is 363 g/mol. The first kappa shape index (κ1) is 19.2. The number of benzene rings is 1. The number of aliphatic hydroxyl groups is 1. The first-order valence-corrected chi connectivity index (χ1v) is 7.89. The van der Waals surface area contributed by atoms with E-state index in [9.17, 15) is 5.11 Å². The third kappa shape index (κ3) is 4.28. The number of aliphatic hydroxyl groups excluding tert-OH is 1. The van der Waals surface area contributed by atoms with Crippen molar-refractivity contribution in [3.8, 4) is 5.75 Å². The normalized spacial score (nSPS) is 12.0. The summed E-state index contributed by atoms with van der Waals surface area (Å²) < 4.78 is 6.91. The van der Waals surface area contributed by atoms with Crippen LogP contribution in [-0.4, -0.2) is 33.5 Å². The molecule has 1 aromatic carbocycles. The van der Waals surface area contributed by atoms with Crippen molar-refractivity contribution in [3.63, 3.8) is 0 Å². The Hall–Kier alpha value is -2.15. The van der Waals surface area contributed by atoms with Gasteiger partial charge in [0, 0.05) is 31.7 Å². The van der Waals surface area contributed by atoms with Crippen molar-refractivity contribution in [1.82, 2.24) is 20.1 Å². The topological polar surface area (TPSA) is 72.2 Å². The van der Waals surface area contributed by atoms with Gasteiger partial charge < -0.3 is 15.2 Å². The predicted molar refractivity (Wildman–Crippen MR) is 100 cm³/mol. The molecular formula is C18H23ClN4O2. The maximum Gasteiger partial charge on any atom is 0.157 e. The van der Waals surface area contributed by atoms with Gasteiger partial charge in [0.25, 0.3) is 0 Å². The summed E-state index contributed by atoms with van der Waals surface area (Å²) in [5, 5.41) is 19.0. The molecule has 0 aliphatic carbocycles. The molecular weight excluding hydrogens is 340 g/mol. The highest BCUT2D eigenvalue weighted by molar-refractivity contribution is 5.85. The molecule has 0 bridgehead atoms. The summed E-state index contributed by atoms with van der Waals surface area (Å²) in [7, 11) is 3.52. The van der Waals surface area contributed by atoms with Gasteiger partial charge in [0.1, 0.15) is 5.75 Å². The fourth-order valence-corrected chi connectivity index (χ4v) is 2.74. The minimum absolute atomic E-state index is 0. The molecule has 25 heavy (non-hydrogen) atoms. The second kappa shape index (κ2) is 8.29. The van der Waals surface area contributed by atoms with Gasteiger partial charge in [0.2, 0.25) is 0 Å². The van der Waals surface area contributed by atoms with Gasteiger partial charge >= 0.3 is 0 Å². The Morgan fingerprint density at radius 1 is 1.28 bits per heavy atom. The van der Waals surface area contributed by atoms with E-state index in [2.05, 4.69) is 21.5 Å². The van der Waals surface area contributed by atoms with Crippen LogP contribution in [0.25, 0.3) is 11.0 Å². The van der Waals surface area contributed by atoms with Gasteiger partial charge in [-0.15, -0.1) is 12.4 Å². The number of halogens is 1. The van der Waals surface area contributed by atoms with Crippen molar-refractivity contribution in [2.45, 2.75) is 19.6 Å². The SMILES string of the molecule is COc1ccc(C(O)CNCc2cnc3c(c2)c(C)nn3C)cc1.Cl. The van der Waals surface area contributed by atoms with Crippen molar-refractivity contribution in [3.05, 3.63) is 53.3 Å². The molecule has 2 heterocycles. The van der Waals surface area contributed by atoms with Gasteiger partial charge in [-0.05, 0) is 36.2 Å². The van der Waals surface area contributed by atoms with Crippen LogP contribution in [0, 0.1) is 6.92 Å². The standard InChI is InChI=1S/C18H22N4O2.ClH/c1-12-16-8-13(10-20-18(16)22(2)21-12)9-19-11-17(23)14-4-6-15(24-3)7-5-14;/h4-8,10,17,19,23H,9,11H2,1-3H3;1H. The van der Waals surface area contributed by atoms with E-state index in [0.717, 1.165) is 33.6 Å². The largest absolute Gasteiger partial charge is 0.497 e. The number of hydrogen-bond donors (Lipinski definition) is 2. The highest BCUT2D eigenvalue weighted by Gasteiger charge is 2.09. The number of pyridine rings is 1. The number of nitrogens with zero attached hydrogens (tertiary/aromatic N) is 3. The number of methoxy groups -OCH3 is 1. The molecule has 2 N–H and O–H groups in total. The van der Waals surface area contributed by atoms with E-state index >= 15 is 0 Å². The van der Waals surface area contributed by atoms with Crippen LogP contribution in [-0.2, 0) is 13.6 Å². The molecule has 0 fully saturated rings. The van der Waals surface area contributed by atoms with E-state index in [4.69, 9.17) is 4.74 Å². The zero-order valence-corrected chi connectivity index (χ0v) is 15.4. The number of fused-ring (bicyclic) bond motifs is 1. The lowest BCUT2D eigenvalue weighted by Crippen LogP contribution is -2.21. The van der Waals surface area contributed by atoms with Gasteiger partial charge in [-0.2, -0.15) is 5.10 Å². The number of ether oxygens (including phenoxy) is 1. The molecule has 3 rings (SSSR count). The molecule has 1 atom stereocenters. The van der Waals surface area contributed by atoms with E-state index in [-0.39, 0.29) is 12.4 Å². The molecule has 7 heteroatoms. The Balaban J connectivity index is 0.00000225. The van der Waals surface area contributed by atoms with Crippen LogP contribution in [0.2, 0.25) is 0 Å². The smallest absolute Gasteiger partial charge is 0.157 e. The Labute approximate surface area is 153 Å². The predicted octanol–water partition coefficient (Wildman–Crippen LogP) is 2.53. The Kier molecular flexibility index (Phi) is 6.36. The van der Waals surface area contributed by atoms with Crippen LogP contribution in [0.4, 0.5) is 0 Å². The van der Waals surface area contributed by atoms with Crippen molar-refractivity contribution in [2.24, 2.45) is 7.05 Å². The van der Waals surface area contributed by atoms with E-state index in [1.165, 1.54) is 0 Å². The minimum Gasteiger partial charge on any atom is -0.497 e. The lowest BCUT2D eigenvalue weighted by atomic mass is 10.1.